The number of carbonyl (C=O) groups excluding carboxylic acids is 1. The molecule has 1 saturated heterocycles. The summed E-state index contributed by atoms with van der Waals surface area (Å²) in [6.45, 7) is 0.950. The van der Waals surface area contributed by atoms with Gasteiger partial charge in [-0.3, -0.25) is 9.78 Å². The molecule has 0 radical (unpaired) electrons. The van der Waals surface area contributed by atoms with Gasteiger partial charge in [0, 0.05) is 19.2 Å². The summed E-state index contributed by atoms with van der Waals surface area (Å²) in [4.78, 5) is 16.7. The summed E-state index contributed by atoms with van der Waals surface area (Å²) in [7, 11) is 0. The van der Waals surface area contributed by atoms with Crippen LogP contribution in [0.4, 0.5) is 10.1 Å². The molecular formula is C10H12FN3O. The number of nitrogens with two attached hydrogens (primary N) is 1. The first kappa shape index (κ1) is 10.0. The third kappa shape index (κ3) is 1.83. The molecule has 15 heavy (non-hydrogen) atoms. The Labute approximate surface area is 86.9 Å². The van der Waals surface area contributed by atoms with Gasteiger partial charge in [-0.15, -0.1) is 0 Å². The van der Waals surface area contributed by atoms with Crippen LogP contribution in [0.15, 0.2) is 18.5 Å². The molecule has 0 bridgehead atoms. The van der Waals surface area contributed by atoms with Crippen molar-refractivity contribution < 1.29 is 9.18 Å². The average Bonchev–Trinajstić information content (AvgIpc) is 2.60. The van der Waals surface area contributed by atoms with Gasteiger partial charge in [-0.05, 0) is 18.5 Å². The number of carbonyl (C=O) groups is 1. The van der Waals surface area contributed by atoms with Gasteiger partial charge in [0.1, 0.15) is 0 Å². The summed E-state index contributed by atoms with van der Waals surface area (Å²) in [6.07, 6.45) is 2.98. The predicted molar refractivity (Wildman–Crippen MR) is 53.7 cm³/mol. The van der Waals surface area contributed by atoms with E-state index >= 15 is 0 Å². The van der Waals surface area contributed by atoms with Crippen molar-refractivity contribution in [2.45, 2.75) is 6.42 Å². The van der Waals surface area contributed by atoms with Gasteiger partial charge in [0.05, 0.1) is 11.9 Å². The number of amides is 1. The second-order valence-corrected chi connectivity index (χ2v) is 3.64. The zero-order valence-electron chi connectivity index (χ0n) is 8.19. The molecule has 1 aromatic heterocycles. The lowest BCUT2D eigenvalue weighted by Crippen LogP contribution is -2.26. The number of halogens is 1. The predicted octanol–water partition coefficient (Wildman–Crippen LogP) is 0.532. The van der Waals surface area contributed by atoms with Gasteiger partial charge in [-0.2, -0.15) is 0 Å². The lowest BCUT2D eigenvalue weighted by atomic mass is 10.1. The van der Waals surface area contributed by atoms with Crippen LogP contribution in [0.2, 0.25) is 0 Å². The maximum atomic E-state index is 13.4. The molecule has 2 heterocycles. The fourth-order valence-electron chi connectivity index (χ4n) is 1.76. The number of nitrogens with zero attached hydrogens (tertiary/aromatic N) is 2. The van der Waals surface area contributed by atoms with Crippen LogP contribution in [-0.4, -0.2) is 24.0 Å². The van der Waals surface area contributed by atoms with Crippen LogP contribution in [0.25, 0.3) is 0 Å². The standard InChI is InChI=1S/C10H12FN3O/c11-8-5-13-2-1-9(8)14-6-7(4-12)3-10(14)15/h1-2,5,7H,3-4,6,12H2. The highest BCUT2D eigenvalue weighted by atomic mass is 19.1. The highest BCUT2D eigenvalue weighted by molar-refractivity contribution is 5.95. The molecule has 80 valence electrons. The highest BCUT2D eigenvalue weighted by Crippen LogP contribution is 2.25. The van der Waals surface area contributed by atoms with Crippen molar-refractivity contribution >= 4 is 11.6 Å². The molecule has 1 unspecified atom stereocenters. The Balaban J connectivity index is 2.25. The Morgan fingerprint density at radius 2 is 2.47 bits per heavy atom. The van der Waals surface area contributed by atoms with Crippen LogP contribution in [0, 0.1) is 11.7 Å². The van der Waals surface area contributed by atoms with Crippen molar-refractivity contribution in [3.05, 3.63) is 24.3 Å². The zero-order chi connectivity index (χ0) is 10.8. The molecule has 1 aliphatic rings. The van der Waals surface area contributed by atoms with Gasteiger partial charge in [-0.1, -0.05) is 0 Å². The third-order valence-corrected chi connectivity index (χ3v) is 2.58. The van der Waals surface area contributed by atoms with E-state index in [0.29, 0.717) is 25.2 Å². The molecule has 2 rings (SSSR count). The Hall–Kier alpha value is -1.49. The summed E-state index contributed by atoms with van der Waals surface area (Å²) < 4.78 is 13.4. The second kappa shape index (κ2) is 3.94. The van der Waals surface area contributed by atoms with Crippen molar-refractivity contribution in [3.63, 3.8) is 0 Å². The summed E-state index contributed by atoms with van der Waals surface area (Å²) >= 11 is 0. The molecule has 5 heteroatoms. The van der Waals surface area contributed by atoms with Gasteiger partial charge >= 0.3 is 0 Å². The maximum absolute atomic E-state index is 13.4. The Morgan fingerprint density at radius 3 is 3.07 bits per heavy atom. The summed E-state index contributed by atoms with van der Waals surface area (Å²) in [5.41, 5.74) is 5.79. The number of rotatable bonds is 2. The monoisotopic (exact) mass is 209 g/mol. The van der Waals surface area contributed by atoms with Gasteiger partial charge in [0.25, 0.3) is 0 Å². The van der Waals surface area contributed by atoms with E-state index in [0.717, 1.165) is 6.20 Å². The Kier molecular flexibility index (Phi) is 2.64. The van der Waals surface area contributed by atoms with Crippen molar-refractivity contribution in [2.24, 2.45) is 11.7 Å². The van der Waals surface area contributed by atoms with Crippen LogP contribution < -0.4 is 10.6 Å². The van der Waals surface area contributed by atoms with Gasteiger partial charge in [0.2, 0.25) is 5.91 Å². The molecule has 1 fully saturated rings. The molecule has 1 amide bonds. The molecule has 1 atom stereocenters. The normalized spacial score (nSPS) is 21.1. The van der Waals surface area contributed by atoms with Gasteiger partial charge < -0.3 is 10.6 Å². The lowest BCUT2D eigenvalue weighted by Gasteiger charge is -2.16. The first-order chi connectivity index (χ1) is 7.22. The maximum Gasteiger partial charge on any atom is 0.227 e. The molecule has 0 saturated carbocycles. The van der Waals surface area contributed by atoms with Crippen LogP contribution in [-0.2, 0) is 4.79 Å². The third-order valence-electron chi connectivity index (χ3n) is 2.58. The van der Waals surface area contributed by atoms with Crippen LogP contribution in [0.1, 0.15) is 6.42 Å². The van der Waals surface area contributed by atoms with E-state index in [1.807, 2.05) is 0 Å². The average molecular weight is 209 g/mol. The number of hydrogen-bond acceptors (Lipinski definition) is 3. The largest absolute Gasteiger partial charge is 0.330 e. The smallest absolute Gasteiger partial charge is 0.227 e. The lowest BCUT2D eigenvalue weighted by molar-refractivity contribution is -0.117. The Bertz CT molecular complexity index is 383. The van der Waals surface area contributed by atoms with E-state index in [-0.39, 0.29) is 11.8 Å². The minimum atomic E-state index is -0.469. The molecule has 0 aromatic carbocycles. The fraction of sp³-hybridized carbons (Fsp3) is 0.400. The fourth-order valence-corrected chi connectivity index (χ4v) is 1.76. The number of pyridine rings is 1. The molecule has 0 spiro atoms. The van der Waals surface area contributed by atoms with E-state index in [1.54, 1.807) is 0 Å². The molecule has 4 nitrogen and oxygen atoms in total. The number of anilines is 1. The quantitative estimate of drug-likeness (QED) is 0.773. The SMILES string of the molecule is NCC1CC(=O)N(c2ccncc2F)C1. The van der Waals surface area contributed by atoms with Crippen molar-refractivity contribution in [2.75, 3.05) is 18.0 Å². The molecular weight excluding hydrogens is 197 g/mol. The number of hydrogen-bond donors (Lipinski definition) is 1. The van der Waals surface area contributed by atoms with E-state index in [1.165, 1.54) is 17.2 Å². The van der Waals surface area contributed by atoms with Crippen LogP contribution >= 0.6 is 0 Å². The second-order valence-electron chi connectivity index (χ2n) is 3.64. The first-order valence-electron chi connectivity index (χ1n) is 4.82. The van der Waals surface area contributed by atoms with Gasteiger partial charge in [-0.25, -0.2) is 4.39 Å². The van der Waals surface area contributed by atoms with Crippen molar-refractivity contribution in [1.29, 1.82) is 0 Å². The summed E-state index contributed by atoms with van der Waals surface area (Å²) in [5.74, 6) is -0.413. The van der Waals surface area contributed by atoms with Crippen LogP contribution in [0.3, 0.4) is 0 Å². The molecule has 1 aliphatic heterocycles. The summed E-state index contributed by atoms with van der Waals surface area (Å²) in [5, 5.41) is 0. The summed E-state index contributed by atoms with van der Waals surface area (Å²) in [6, 6.07) is 1.51. The van der Waals surface area contributed by atoms with Gasteiger partial charge in [0.15, 0.2) is 5.82 Å². The van der Waals surface area contributed by atoms with Crippen molar-refractivity contribution in [3.8, 4) is 0 Å². The first-order valence-corrected chi connectivity index (χ1v) is 4.82. The highest BCUT2D eigenvalue weighted by Gasteiger charge is 2.30. The molecule has 2 N–H and O–H groups in total. The van der Waals surface area contributed by atoms with Crippen LogP contribution in [0.5, 0.6) is 0 Å². The van der Waals surface area contributed by atoms with E-state index < -0.39 is 5.82 Å². The zero-order valence-corrected chi connectivity index (χ0v) is 8.19. The van der Waals surface area contributed by atoms with E-state index in [9.17, 15) is 9.18 Å². The Morgan fingerprint density at radius 1 is 1.67 bits per heavy atom. The molecule has 0 aliphatic carbocycles. The number of aromatic nitrogens is 1. The molecule has 1 aromatic rings. The van der Waals surface area contributed by atoms with E-state index in [2.05, 4.69) is 4.98 Å². The van der Waals surface area contributed by atoms with Crippen molar-refractivity contribution in [1.82, 2.24) is 4.98 Å². The minimum Gasteiger partial charge on any atom is -0.330 e. The minimum absolute atomic E-state index is 0.0736. The topological polar surface area (TPSA) is 59.2 Å². The van der Waals surface area contributed by atoms with E-state index in [4.69, 9.17) is 5.73 Å².